The van der Waals surface area contributed by atoms with Crippen LogP contribution in [-0.2, 0) is 0 Å². The number of hydrogen-bond acceptors (Lipinski definition) is 2. The molecule has 2 nitrogen and oxygen atoms in total. The van der Waals surface area contributed by atoms with Crippen molar-refractivity contribution < 1.29 is 10.0 Å². The molecule has 0 saturated heterocycles. The molecule has 2 N–H and O–H groups in total. The molecule has 0 aliphatic carbocycles. The minimum absolute atomic E-state index is 0.608. The Morgan fingerprint density at radius 3 is 1.74 bits per heavy atom. The summed E-state index contributed by atoms with van der Waals surface area (Å²) in [4.78, 5) is 0. The Morgan fingerprint density at radius 1 is 0.895 bits per heavy atom. The Kier molecular flexibility index (Phi) is 5.42. The molecule has 0 atom stereocenters. The molecule has 1 aromatic rings. The fourth-order valence-electron chi connectivity index (χ4n) is 3.97. The first-order chi connectivity index (χ1) is 8.74. The van der Waals surface area contributed by atoms with Crippen molar-refractivity contribution in [3.8, 4) is 0 Å². The Labute approximate surface area is 119 Å². The van der Waals surface area contributed by atoms with Crippen molar-refractivity contribution in [3.05, 3.63) is 24.3 Å². The smallest absolute Gasteiger partial charge is 0.423 e. The molecule has 0 aliphatic heterocycles. The Hall–Kier alpha value is -0.578. The predicted molar refractivity (Wildman–Crippen MR) is 86.9 cm³/mol. The SMILES string of the molecule is CC(C)[Si](c1cccc(B(O)O)c1)(C(C)C)C(C)C. The van der Waals surface area contributed by atoms with E-state index in [1.165, 1.54) is 5.19 Å². The average Bonchev–Trinajstić information content (AvgIpc) is 2.28. The minimum atomic E-state index is -1.70. The third kappa shape index (κ3) is 2.96. The zero-order chi connectivity index (χ0) is 14.8. The molecule has 0 amide bonds. The van der Waals surface area contributed by atoms with E-state index in [1.54, 1.807) is 6.07 Å². The van der Waals surface area contributed by atoms with Gasteiger partial charge >= 0.3 is 7.12 Å². The maximum Gasteiger partial charge on any atom is 0.488 e. The second-order valence-corrected chi connectivity index (χ2v) is 12.3. The van der Waals surface area contributed by atoms with Crippen LogP contribution >= 0.6 is 0 Å². The summed E-state index contributed by atoms with van der Waals surface area (Å²) in [6.07, 6.45) is 0. The van der Waals surface area contributed by atoms with Gasteiger partial charge in [-0.05, 0) is 22.1 Å². The molecule has 0 radical (unpaired) electrons. The van der Waals surface area contributed by atoms with E-state index < -0.39 is 15.2 Å². The highest BCUT2D eigenvalue weighted by atomic mass is 28.3. The van der Waals surface area contributed by atoms with Gasteiger partial charge in [-0.3, -0.25) is 0 Å². The lowest BCUT2D eigenvalue weighted by atomic mass is 9.80. The average molecular weight is 278 g/mol. The van der Waals surface area contributed by atoms with Gasteiger partial charge in [0, 0.05) is 0 Å². The third-order valence-electron chi connectivity index (χ3n) is 4.55. The lowest BCUT2D eigenvalue weighted by Gasteiger charge is -2.44. The van der Waals surface area contributed by atoms with E-state index in [1.807, 2.05) is 12.1 Å². The van der Waals surface area contributed by atoms with Gasteiger partial charge in [-0.2, -0.15) is 0 Å². The molecule has 0 spiro atoms. The van der Waals surface area contributed by atoms with Gasteiger partial charge in [-0.25, -0.2) is 0 Å². The maximum absolute atomic E-state index is 9.40. The van der Waals surface area contributed by atoms with Gasteiger partial charge in [0.05, 0.1) is 8.07 Å². The van der Waals surface area contributed by atoms with Crippen molar-refractivity contribution in [1.82, 2.24) is 0 Å². The molecule has 19 heavy (non-hydrogen) atoms. The summed E-state index contributed by atoms with van der Waals surface area (Å²) in [6, 6.07) is 7.93. The summed E-state index contributed by atoms with van der Waals surface area (Å²) in [5.41, 5.74) is 2.48. The normalized spacial score (nSPS) is 12.6. The van der Waals surface area contributed by atoms with Crippen LogP contribution in [0.3, 0.4) is 0 Å². The molecule has 0 heterocycles. The van der Waals surface area contributed by atoms with Crippen LogP contribution in [-0.4, -0.2) is 25.2 Å². The first-order valence-electron chi connectivity index (χ1n) is 7.21. The highest BCUT2D eigenvalue weighted by molar-refractivity contribution is 6.95. The number of hydrogen-bond donors (Lipinski definition) is 2. The van der Waals surface area contributed by atoms with Crippen LogP contribution in [0, 0.1) is 0 Å². The van der Waals surface area contributed by atoms with Gasteiger partial charge in [0.2, 0.25) is 0 Å². The van der Waals surface area contributed by atoms with Gasteiger partial charge in [0.25, 0.3) is 0 Å². The van der Waals surface area contributed by atoms with Crippen LogP contribution in [0.2, 0.25) is 16.6 Å². The lowest BCUT2D eigenvalue weighted by molar-refractivity contribution is 0.426. The number of rotatable bonds is 5. The van der Waals surface area contributed by atoms with Crippen molar-refractivity contribution in [2.24, 2.45) is 0 Å². The number of benzene rings is 1. The second-order valence-electron chi connectivity index (χ2n) is 6.40. The summed E-state index contributed by atoms with van der Waals surface area (Å²) >= 11 is 0. The first kappa shape index (κ1) is 16.5. The topological polar surface area (TPSA) is 40.5 Å². The molecule has 1 rings (SSSR count). The first-order valence-corrected chi connectivity index (χ1v) is 9.44. The van der Waals surface area contributed by atoms with Crippen molar-refractivity contribution in [1.29, 1.82) is 0 Å². The van der Waals surface area contributed by atoms with Crippen molar-refractivity contribution in [2.75, 3.05) is 0 Å². The molecule has 0 unspecified atom stereocenters. The van der Waals surface area contributed by atoms with Crippen LogP contribution in [0.25, 0.3) is 0 Å². The molecular weight excluding hydrogens is 251 g/mol. The summed E-state index contributed by atoms with van der Waals surface area (Å²) in [5, 5.41) is 20.1. The molecule has 106 valence electrons. The molecule has 0 bridgehead atoms. The molecule has 4 heteroatoms. The minimum Gasteiger partial charge on any atom is -0.423 e. The van der Waals surface area contributed by atoms with E-state index in [4.69, 9.17) is 0 Å². The second kappa shape index (κ2) is 6.25. The fourth-order valence-corrected chi connectivity index (χ4v) is 10.8. The highest BCUT2D eigenvalue weighted by Crippen LogP contribution is 2.40. The van der Waals surface area contributed by atoms with E-state index in [2.05, 4.69) is 47.6 Å². The monoisotopic (exact) mass is 278 g/mol. The van der Waals surface area contributed by atoms with Crippen LogP contribution in [0.1, 0.15) is 41.5 Å². The van der Waals surface area contributed by atoms with Crippen molar-refractivity contribution in [3.63, 3.8) is 0 Å². The summed E-state index contributed by atoms with van der Waals surface area (Å²) < 4.78 is 0. The molecule has 0 aliphatic rings. The molecule has 0 fully saturated rings. The predicted octanol–water partition coefficient (Wildman–Crippen LogP) is 2.25. The van der Waals surface area contributed by atoms with E-state index in [-0.39, 0.29) is 0 Å². The van der Waals surface area contributed by atoms with Crippen LogP contribution < -0.4 is 10.6 Å². The van der Waals surface area contributed by atoms with Crippen LogP contribution in [0.5, 0.6) is 0 Å². The quantitative estimate of drug-likeness (QED) is 0.811. The van der Waals surface area contributed by atoms with Gasteiger partial charge in [0.15, 0.2) is 0 Å². The summed E-state index contributed by atoms with van der Waals surface area (Å²) in [7, 11) is -3.08. The maximum atomic E-state index is 9.40. The molecular formula is C15H27BO2Si. The Balaban J connectivity index is 3.44. The van der Waals surface area contributed by atoms with E-state index in [0.29, 0.717) is 22.1 Å². The molecule has 1 aromatic carbocycles. The zero-order valence-electron chi connectivity index (χ0n) is 13.0. The summed E-state index contributed by atoms with van der Waals surface area (Å²) in [6.45, 7) is 13.9. The van der Waals surface area contributed by atoms with E-state index in [0.717, 1.165) is 0 Å². The highest BCUT2D eigenvalue weighted by Gasteiger charge is 2.44. The van der Waals surface area contributed by atoms with Gasteiger partial charge in [-0.15, -0.1) is 0 Å². The molecule has 0 saturated carbocycles. The van der Waals surface area contributed by atoms with E-state index >= 15 is 0 Å². The largest absolute Gasteiger partial charge is 0.488 e. The fraction of sp³-hybridized carbons (Fsp3) is 0.600. The van der Waals surface area contributed by atoms with Gasteiger partial charge in [-0.1, -0.05) is 71.0 Å². The van der Waals surface area contributed by atoms with Crippen LogP contribution in [0.4, 0.5) is 0 Å². The third-order valence-corrected chi connectivity index (χ3v) is 11.6. The van der Waals surface area contributed by atoms with Gasteiger partial charge < -0.3 is 10.0 Å². The van der Waals surface area contributed by atoms with Gasteiger partial charge in [0.1, 0.15) is 0 Å². The Morgan fingerprint density at radius 2 is 1.37 bits per heavy atom. The van der Waals surface area contributed by atoms with Crippen LogP contribution in [0.15, 0.2) is 24.3 Å². The van der Waals surface area contributed by atoms with Crippen molar-refractivity contribution in [2.45, 2.75) is 58.2 Å². The lowest BCUT2D eigenvalue weighted by Crippen LogP contribution is -2.56. The standard InChI is InChI=1S/C15H27BO2Si/c1-11(2)19(12(3)4,13(5)6)15-9-7-8-14(10-15)16(17)18/h7-13,17-18H,1-6H3. The zero-order valence-corrected chi connectivity index (χ0v) is 14.0. The summed E-state index contributed by atoms with van der Waals surface area (Å²) in [5.74, 6) is 0. The Bertz CT molecular complexity index is 395. The van der Waals surface area contributed by atoms with E-state index in [9.17, 15) is 10.0 Å². The van der Waals surface area contributed by atoms with Crippen molar-refractivity contribution >= 4 is 25.8 Å². The molecule has 0 aromatic heterocycles.